The molecule has 0 radical (unpaired) electrons. The van der Waals surface area contributed by atoms with Gasteiger partial charge in [-0.25, -0.2) is 4.39 Å². The van der Waals surface area contributed by atoms with Gasteiger partial charge in [0.25, 0.3) is 0 Å². The Labute approximate surface area is 102 Å². The second-order valence-electron chi connectivity index (χ2n) is 3.76. The summed E-state index contributed by atoms with van der Waals surface area (Å²) in [6.07, 6.45) is 2.83. The van der Waals surface area contributed by atoms with Crippen LogP contribution in [0.3, 0.4) is 0 Å². The van der Waals surface area contributed by atoms with E-state index < -0.39 is 0 Å². The molecule has 0 aliphatic rings. The van der Waals surface area contributed by atoms with Gasteiger partial charge in [-0.3, -0.25) is 0 Å². The first-order valence-electron chi connectivity index (χ1n) is 5.34. The molecule has 0 amide bonds. The van der Waals surface area contributed by atoms with Crippen molar-refractivity contribution in [2.24, 2.45) is 5.73 Å². The number of halogens is 2. The minimum atomic E-state index is -0.216. The topological polar surface area (TPSA) is 30.9 Å². The van der Waals surface area contributed by atoms with Crippen LogP contribution in [0, 0.1) is 5.82 Å². The van der Waals surface area contributed by atoms with Gasteiger partial charge in [-0.1, -0.05) is 0 Å². The summed E-state index contributed by atoms with van der Waals surface area (Å²) in [5.41, 5.74) is 7.72. The predicted molar refractivity (Wildman–Crippen MR) is 68.0 cm³/mol. The van der Waals surface area contributed by atoms with Crippen molar-refractivity contribution in [3.05, 3.63) is 34.2 Å². The lowest BCUT2D eigenvalue weighted by molar-refractivity contribution is 0.628. The van der Waals surface area contributed by atoms with Crippen molar-refractivity contribution < 1.29 is 4.39 Å². The van der Waals surface area contributed by atoms with E-state index in [4.69, 9.17) is 5.73 Å². The average Bonchev–Trinajstić information content (AvgIpc) is 2.57. The highest BCUT2D eigenvalue weighted by Gasteiger charge is 2.11. The van der Waals surface area contributed by atoms with E-state index in [0.717, 1.165) is 33.9 Å². The smallest absolute Gasteiger partial charge is 0.125 e. The maximum absolute atomic E-state index is 13.4. The van der Waals surface area contributed by atoms with Crippen LogP contribution in [-0.2, 0) is 13.0 Å². The van der Waals surface area contributed by atoms with Crippen LogP contribution >= 0.6 is 15.9 Å². The van der Waals surface area contributed by atoms with Crippen LogP contribution in [0.1, 0.15) is 12.5 Å². The van der Waals surface area contributed by atoms with E-state index in [1.807, 2.05) is 0 Å². The molecule has 1 heterocycles. The normalized spacial score (nSPS) is 11.2. The molecule has 0 saturated heterocycles. The number of aryl methyl sites for hydroxylation is 1. The largest absolute Gasteiger partial charge is 0.347 e. The molecule has 86 valence electrons. The molecule has 4 heteroatoms. The number of benzene rings is 1. The maximum Gasteiger partial charge on any atom is 0.125 e. The molecule has 0 bridgehead atoms. The van der Waals surface area contributed by atoms with E-state index in [9.17, 15) is 4.39 Å². The third-order valence-electron chi connectivity index (χ3n) is 2.73. The molecule has 1 aromatic carbocycles. The van der Waals surface area contributed by atoms with Crippen molar-refractivity contribution in [2.45, 2.75) is 19.9 Å². The second kappa shape index (κ2) is 4.55. The number of hydrogen-bond donors (Lipinski definition) is 1. The SMILES string of the molecule is CCn1cc(CCN)c2cc(F)cc(Br)c21. The van der Waals surface area contributed by atoms with E-state index in [1.165, 1.54) is 6.07 Å². The standard InChI is InChI=1S/C12H14BrFN2/c1-2-16-7-8(3-4-15)10-5-9(14)6-11(13)12(10)16/h5-7H,2-4,15H2,1H3. The van der Waals surface area contributed by atoms with E-state index >= 15 is 0 Å². The summed E-state index contributed by atoms with van der Waals surface area (Å²) in [6.45, 7) is 3.52. The molecule has 2 aromatic rings. The monoisotopic (exact) mass is 284 g/mol. The van der Waals surface area contributed by atoms with Crippen molar-refractivity contribution in [3.8, 4) is 0 Å². The summed E-state index contributed by atoms with van der Waals surface area (Å²) in [7, 11) is 0. The maximum atomic E-state index is 13.4. The van der Waals surface area contributed by atoms with Gasteiger partial charge in [0.1, 0.15) is 5.82 Å². The van der Waals surface area contributed by atoms with Gasteiger partial charge in [-0.05, 0) is 53.5 Å². The summed E-state index contributed by atoms with van der Waals surface area (Å²) in [5, 5.41) is 0.958. The average molecular weight is 285 g/mol. The summed E-state index contributed by atoms with van der Waals surface area (Å²) >= 11 is 3.41. The first-order valence-corrected chi connectivity index (χ1v) is 6.13. The van der Waals surface area contributed by atoms with E-state index in [0.29, 0.717) is 6.54 Å². The first-order chi connectivity index (χ1) is 7.67. The third-order valence-corrected chi connectivity index (χ3v) is 3.33. The van der Waals surface area contributed by atoms with Gasteiger partial charge >= 0.3 is 0 Å². The fraction of sp³-hybridized carbons (Fsp3) is 0.333. The molecule has 0 fully saturated rings. The van der Waals surface area contributed by atoms with Gasteiger partial charge in [-0.2, -0.15) is 0 Å². The quantitative estimate of drug-likeness (QED) is 0.923. The first kappa shape index (κ1) is 11.6. The van der Waals surface area contributed by atoms with E-state index in [2.05, 4.69) is 33.6 Å². The second-order valence-corrected chi connectivity index (χ2v) is 4.62. The summed E-state index contributed by atoms with van der Waals surface area (Å²) < 4.78 is 16.3. The zero-order chi connectivity index (χ0) is 11.7. The fourth-order valence-corrected chi connectivity index (χ4v) is 2.69. The molecular weight excluding hydrogens is 271 g/mol. The fourth-order valence-electron chi connectivity index (χ4n) is 2.03. The van der Waals surface area contributed by atoms with Gasteiger partial charge < -0.3 is 10.3 Å². The Bertz CT molecular complexity index is 519. The Balaban J connectivity index is 2.74. The number of nitrogens with two attached hydrogens (primary N) is 1. The van der Waals surface area contributed by atoms with Crippen LogP contribution in [0.5, 0.6) is 0 Å². The van der Waals surface area contributed by atoms with Crippen molar-refractivity contribution in [3.63, 3.8) is 0 Å². The lowest BCUT2D eigenvalue weighted by Gasteiger charge is -2.02. The van der Waals surface area contributed by atoms with E-state index in [-0.39, 0.29) is 5.82 Å². The van der Waals surface area contributed by atoms with E-state index in [1.54, 1.807) is 6.07 Å². The van der Waals surface area contributed by atoms with Crippen LogP contribution in [0.15, 0.2) is 22.8 Å². The minimum Gasteiger partial charge on any atom is -0.347 e. The Hall–Kier alpha value is -0.870. The molecule has 0 spiro atoms. The van der Waals surface area contributed by atoms with Gasteiger partial charge in [0.05, 0.1) is 5.52 Å². The molecule has 0 aliphatic heterocycles. The summed E-state index contributed by atoms with van der Waals surface area (Å²) in [4.78, 5) is 0. The van der Waals surface area contributed by atoms with Crippen LogP contribution in [0.25, 0.3) is 10.9 Å². The Morgan fingerprint density at radius 3 is 2.81 bits per heavy atom. The molecule has 0 unspecified atom stereocenters. The predicted octanol–water partition coefficient (Wildman–Crippen LogP) is 3.06. The van der Waals surface area contributed by atoms with Gasteiger partial charge in [0.15, 0.2) is 0 Å². The minimum absolute atomic E-state index is 0.216. The molecule has 2 N–H and O–H groups in total. The molecule has 16 heavy (non-hydrogen) atoms. The lowest BCUT2D eigenvalue weighted by Crippen LogP contribution is -2.02. The molecular formula is C12H14BrFN2. The molecule has 0 aliphatic carbocycles. The van der Waals surface area contributed by atoms with Crippen molar-refractivity contribution in [1.82, 2.24) is 4.57 Å². The van der Waals surface area contributed by atoms with Crippen molar-refractivity contribution in [2.75, 3.05) is 6.54 Å². The van der Waals surface area contributed by atoms with Crippen molar-refractivity contribution >= 4 is 26.8 Å². The number of rotatable bonds is 3. The molecule has 0 saturated carbocycles. The van der Waals surface area contributed by atoms with Gasteiger partial charge in [-0.15, -0.1) is 0 Å². The van der Waals surface area contributed by atoms with Gasteiger partial charge in [0, 0.05) is 22.6 Å². The third kappa shape index (κ3) is 1.87. The zero-order valence-electron chi connectivity index (χ0n) is 9.13. The highest BCUT2D eigenvalue weighted by atomic mass is 79.9. The van der Waals surface area contributed by atoms with Crippen LogP contribution in [0.4, 0.5) is 4.39 Å². The Morgan fingerprint density at radius 1 is 1.44 bits per heavy atom. The summed E-state index contributed by atoms with van der Waals surface area (Å²) in [6, 6.07) is 3.08. The molecule has 2 rings (SSSR count). The highest BCUT2D eigenvalue weighted by Crippen LogP contribution is 2.29. The molecule has 1 aromatic heterocycles. The Morgan fingerprint density at radius 2 is 2.19 bits per heavy atom. The van der Waals surface area contributed by atoms with Crippen LogP contribution in [0.2, 0.25) is 0 Å². The van der Waals surface area contributed by atoms with Crippen LogP contribution < -0.4 is 5.73 Å². The summed E-state index contributed by atoms with van der Waals surface area (Å²) in [5.74, 6) is -0.216. The number of hydrogen-bond acceptors (Lipinski definition) is 1. The zero-order valence-corrected chi connectivity index (χ0v) is 10.7. The number of nitrogens with zero attached hydrogens (tertiary/aromatic N) is 1. The van der Waals surface area contributed by atoms with Gasteiger partial charge in [0.2, 0.25) is 0 Å². The lowest BCUT2D eigenvalue weighted by atomic mass is 10.1. The highest BCUT2D eigenvalue weighted by molar-refractivity contribution is 9.10. The Kier molecular flexibility index (Phi) is 3.30. The number of fused-ring (bicyclic) bond motifs is 1. The van der Waals surface area contributed by atoms with Crippen molar-refractivity contribution in [1.29, 1.82) is 0 Å². The number of aromatic nitrogens is 1. The molecule has 0 atom stereocenters. The van der Waals surface area contributed by atoms with Crippen LogP contribution in [-0.4, -0.2) is 11.1 Å². The molecule has 2 nitrogen and oxygen atoms in total.